The van der Waals surface area contributed by atoms with Gasteiger partial charge < -0.3 is 14.8 Å². The van der Waals surface area contributed by atoms with Crippen molar-refractivity contribution in [3.63, 3.8) is 0 Å². The molecule has 0 aliphatic carbocycles. The Bertz CT molecular complexity index is 1320. The number of sulfonamides is 1. The van der Waals surface area contributed by atoms with Gasteiger partial charge in [-0.3, -0.25) is 9.52 Å². The second kappa shape index (κ2) is 8.31. The second-order valence-corrected chi connectivity index (χ2v) is 10.1. The summed E-state index contributed by atoms with van der Waals surface area (Å²) in [6.07, 6.45) is 4.13. The summed E-state index contributed by atoms with van der Waals surface area (Å²) >= 11 is 6.04. The van der Waals surface area contributed by atoms with Crippen molar-refractivity contribution in [1.29, 1.82) is 0 Å². The summed E-state index contributed by atoms with van der Waals surface area (Å²) in [5.41, 5.74) is 2.22. The molecule has 12 heteroatoms. The molecule has 1 amide bonds. The van der Waals surface area contributed by atoms with E-state index >= 15 is 0 Å². The molecule has 0 unspecified atom stereocenters. The zero-order valence-electron chi connectivity index (χ0n) is 17.6. The van der Waals surface area contributed by atoms with Crippen LogP contribution in [0, 0.1) is 6.92 Å². The molecule has 3 aromatic rings. The number of rotatable bonds is 6. The number of carbonyl (C=O) groups excluding carboxylic acids is 1. The van der Waals surface area contributed by atoms with E-state index in [-0.39, 0.29) is 23.8 Å². The fourth-order valence-electron chi connectivity index (χ4n) is 3.48. The molecule has 1 fully saturated rings. The Hall–Kier alpha value is -3.18. The van der Waals surface area contributed by atoms with Gasteiger partial charge in [0.2, 0.25) is 10.0 Å². The number of aryl methyl sites for hydroxylation is 1. The van der Waals surface area contributed by atoms with Gasteiger partial charge >= 0.3 is 0 Å². The molecule has 1 aliphatic rings. The van der Waals surface area contributed by atoms with Crippen molar-refractivity contribution in [2.75, 3.05) is 34.3 Å². The molecule has 2 N–H and O–H groups in total. The van der Waals surface area contributed by atoms with Gasteiger partial charge in [0.05, 0.1) is 42.5 Å². The predicted octanol–water partition coefficient (Wildman–Crippen LogP) is 3.91. The number of aromatic nitrogens is 2. The molecule has 1 saturated heterocycles. The van der Waals surface area contributed by atoms with Crippen LogP contribution in [0.4, 0.5) is 25.8 Å². The first kappa shape index (κ1) is 23.0. The highest BCUT2D eigenvalue weighted by molar-refractivity contribution is 7.92. The Labute approximate surface area is 194 Å². The van der Waals surface area contributed by atoms with Crippen molar-refractivity contribution in [2.45, 2.75) is 12.8 Å². The lowest BCUT2D eigenvalue weighted by atomic mass is 10.1. The first-order valence-corrected chi connectivity index (χ1v) is 12.0. The van der Waals surface area contributed by atoms with E-state index in [1.165, 1.54) is 29.3 Å². The van der Waals surface area contributed by atoms with Gasteiger partial charge in [-0.25, -0.2) is 22.2 Å². The van der Waals surface area contributed by atoms with E-state index in [2.05, 4.69) is 15.0 Å². The van der Waals surface area contributed by atoms with Crippen molar-refractivity contribution in [3.8, 4) is 5.82 Å². The number of alkyl halides is 2. The molecule has 0 bridgehead atoms. The number of halogens is 3. The molecule has 1 aliphatic heterocycles. The molecule has 174 valence electrons. The van der Waals surface area contributed by atoms with Crippen LogP contribution >= 0.6 is 11.6 Å². The second-order valence-electron chi connectivity index (χ2n) is 7.88. The van der Waals surface area contributed by atoms with Crippen LogP contribution in [0.2, 0.25) is 5.02 Å². The lowest BCUT2D eigenvalue weighted by Crippen LogP contribution is -2.56. The van der Waals surface area contributed by atoms with Gasteiger partial charge in [0.25, 0.3) is 11.8 Å². The SMILES string of the molecule is Cc1cc(C(=O)Nc2cc(Cl)cc(NS(C)(=O)=O)c2)cn1-c1ccc(N2CC(F)(F)C2)cn1. The van der Waals surface area contributed by atoms with Crippen LogP contribution in [0.25, 0.3) is 5.82 Å². The van der Waals surface area contributed by atoms with Crippen molar-refractivity contribution in [2.24, 2.45) is 0 Å². The molecule has 8 nitrogen and oxygen atoms in total. The van der Waals surface area contributed by atoms with E-state index in [4.69, 9.17) is 11.6 Å². The number of carbonyl (C=O) groups is 1. The van der Waals surface area contributed by atoms with Gasteiger partial charge in [-0.15, -0.1) is 0 Å². The third-order valence-corrected chi connectivity index (χ3v) is 5.75. The monoisotopic (exact) mass is 495 g/mol. The zero-order chi connectivity index (χ0) is 24.0. The summed E-state index contributed by atoms with van der Waals surface area (Å²) < 4.78 is 53.1. The van der Waals surface area contributed by atoms with Crippen molar-refractivity contribution in [1.82, 2.24) is 9.55 Å². The first-order chi connectivity index (χ1) is 15.4. The Kier molecular flexibility index (Phi) is 5.79. The maximum Gasteiger partial charge on any atom is 0.282 e. The van der Waals surface area contributed by atoms with Gasteiger partial charge in [0.15, 0.2) is 0 Å². The van der Waals surface area contributed by atoms with Crippen LogP contribution in [0.5, 0.6) is 0 Å². The Morgan fingerprint density at radius 2 is 1.85 bits per heavy atom. The molecule has 1 aromatic carbocycles. The van der Waals surface area contributed by atoms with Gasteiger partial charge in [-0.05, 0) is 43.3 Å². The minimum atomic E-state index is -3.51. The molecular formula is C21H20ClF2N5O3S. The van der Waals surface area contributed by atoms with Gasteiger partial charge in [0, 0.05) is 22.6 Å². The Morgan fingerprint density at radius 3 is 2.45 bits per heavy atom. The molecule has 33 heavy (non-hydrogen) atoms. The maximum absolute atomic E-state index is 13.1. The average molecular weight is 496 g/mol. The summed E-state index contributed by atoms with van der Waals surface area (Å²) in [5.74, 6) is -2.56. The van der Waals surface area contributed by atoms with Gasteiger partial charge in [-0.2, -0.15) is 0 Å². The number of benzene rings is 1. The number of hydrogen-bond donors (Lipinski definition) is 2. The van der Waals surface area contributed by atoms with E-state index in [1.807, 2.05) is 0 Å². The van der Waals surface area contributed by atoms with Crippen LogP contribution in [-0.2, 0) is 10.0 Å². The topological polar surface area (TPSA) is 96.3 Å². The molecule has 4 rings (SSSR count). The van der Waals surface area contributed by atoms with Gasteiger partial charge in [-0.1, -0.05) is 11.6 Å². The van der Waals surface area contributed by atoms with Crippen LogP contribution in [-0.4, -0.2) is 49.1 Å². The molecule has 0 saturated carbocycles. The summed E-state index contributed by atoms with van der Waals surface area (Å²) in [6.45, 7) is 1.15. The molecule has 0 atom stereocenters. The fourth-order valence-corrected chi connectivity index (χ4v) is 4.27. The lowest BCUT2D eigenvalue weighted by molar-refractivity contribution is -0.0262. The largest absolute Gasteiger partial charge is 0.358 e. The number of pyridine rings is 1. The van der Waals surface area contributed by atoms with E-state index < -0.39 is 21.9 Å². The summed E-state index contributed by atoms with van der Waals surface area (Å²) in [7, 11) is -3.51. The molecule has 3 heterocycles. The highest BCUT2D eigenvalue weighted by Crippen LogP contribution is 2.31. The van der Waals surface area contributed by atoms with Crippen LogP contribution < -0.4 is 14.9 Å². The molecular weight excluding hydrogens is 476 g/mol. The number of amides is 1. The summed E-state index contributed by atoms with van der Waals surface area (Å²) in [5, 5.41) is 2.94. The van der Waals surface area contributed by atoms with Crippen LogP contribution in [0.15, 0.2) is 48.8 Å². The maximum atomic E-state index is 13.1. The van der Waals surface area contributed by atoms with E-state index in [0.717, 1.165) is 11.9 Å². The van der Waals surface area contributed by atoms with Crippen LogP contribution in [0.1, 0.15) is 16.1 Å². The fraction of sp³-hybridized carbons (Fsp3) is 0.238. The highest BCUT2D eigenvalue weighted by Gasteiger charge is 2.44. The van der Waals surface area contributed by atoms with Gasteiger partial charge in [0.1, 0.15) is 5.82 Å². The van der Waals surface area contributed by atoms with Crippen molar-refractivity contribution >= 4 is 44.6 Å². The molecule has 0 radical (unpaired) electrons. The van der Waals surface area contributed by atoms with Crippen molar-refractivity contribution in [3.05, 3.63) is 65.1 Å². The van der Waals surface area contributed by atoms with E-state index in [9.17, 15) is 22.0 Å². The van der Waals surface area contributed by atoms with E-state index in [0.29, 0.717) is 22.8 Å². The highest BCUT2D eigenvalue weighted by atomic mass is 35.5. The Balaban J connectivity index is 1.50. The summed E-state index contributed by atoms with van der Waals surface area (Å²) in [4.78, 5) is 18.6. The number of nitrogens with one attached hydrogen (secondary N) is 2. The molecule has 0 spiro atoms. The number of hydrogen-bond acceptors (Lipinski definition) is 5. The third kappa shape index (κ3) is 5.42. The summed E-state index contributed by atoms with van der Waals surface area (Å²) in [6, 6.07) is 9.45. The minimum Gasteiger partial charge on any atom is -0.358 e. The predicted molar refractivity (Wildman–Crippen MR) is 123 cm³/mol. The minimum absolute atomic E-state index is 0.221. The number of anilines is 3. The quantitative estimate of drug-likeness (QED) is 0.540. The normalized spacial score (nSPS) is 15.1. The standard InChI is InChI=1S/C21H20ClF2N5O3S/c1-13-5-14(20(30)26-16-6-15(22)7-17(8-16)27-33(2,31)32)10-29(13)19-4-3-18(9-25-19)28-11-21(23,24)12-28/h3-10,27H,11-12H2,1-2H3,(H,26,30). The van der Waals surface area contributed by atoms with Crippen LogP contribution in [0.3, 0.4) is 0 Å². The Morgan fingerprint density at radius 1 is 1.15 bits per heavy atom. The number of nitrogens with zero attached hydrogens (tertiary/aromatic N) is 3. The lowest BCUT2D eigenvalue weighted by Gasteiger charge is -2.40. The third-order valence-electron chi connectivity index (χ3n) is 4.92. The molecule has 2 aromatic heterocycles. The average Bonchev–Trinajstić information content (AvgIpc) is 3.06. The van der Waals surface area contributed by atoms with Crippen molar-refractivity contribution < 1.29 is 22.0 Å². The first-order valence-electron chi connectivity index (χ1n) is 9.76. The zero-order valence-corrected chi connectivity index (χ0v) is 19.2. The van der Waals surface area contributed by atoms with E-state index in [1.54, 1.807) is 35.9 Å². The smallest absolute Gasteiger partial charge is 0.282 e.